The summed E-state index contributed by atoms with van der Waals surface area (Å²) >= 11 is 0. The van der Waals surface area contributed by atoms with Crippen LogP contribution in [0.15, 0.2) is 29.3 Å². The Morgan fingerprint density at radius 2 is 2.30 bits per heavy atom. The predicted molar refractivity (Wildman–Crippen MR) is 89.0 cm³/mol. The molecule has 1 heterocycles. The minimum absolute atomic E-state index is 0.214. The molecule has 0 amide bonds. The fourth-order valence-electron chi connectivity index (χ4n) is 2.71. The highest BCUT2D eigenvalue weighted by Gasteiger charge is 2.24. The van der Waals surface area contributed by atoms with E-state index in [4.69, 9.17) is 9.47 Å². The van der Waals surface area contributed by atoms with Gasteiger partial charge in [-0.05, 0) is 24.1 Å². The molecule has 0 aliphatic carbocycles. The number of benzene rings is 1. The molecule has 0 spiro atoms. The van der Waals surface area contributed by atoms with E-state index in [1.807, 2.05) is 6.07 Å². The van der Waals surface area contributed by atoms with Gasteiger partial charge in [-0.2, -0.15) is 0 Å². The third-order valence-corrected chi connectivity index (χ3v) is 3.92. The standard InChI is InChI=1S/C17H26FN3O2/c1-19-17(20-11-14-4-3-5-16(18)10-14)21-7-6-15(12-21)13-23-9-8-22-2/h3-5,10,15H,6-9,11-13H2,1-2H3,(H,19,20). The predicted octanol–water partition coefficient (Wildman–Crippen LogP) is 1.89. The van der Waals surface area contributed by atoms with Crippen molar-refractivity contribution in [2.45, 2.75) is 13.0 Å². The Labute approximate surface area is 137 Å². The third-order valence-electron chi connectivity index (χ3n) is 3.92. The zero-order chi connectivity index (χ0) is 16.5. The van der Waals surface area contributed by atoms with Gasteiger partial charge in [0.05, 0.1) is 19.8 Å². The molecule has 1 unspecified atom stereocenters. The molecule has 6 heteroatoms. The first-order valence-corrected chi connectivity index (χ1v) is 7.99. The number of nitrogens with zero attached hydrogens (tertiary/aromatic N) is 2. The zero-order valence-corrected chi connectivity index (χ0v) is 13.9. The highest BCUT2D eigenvalue weighted by molar-refractivity contribution is 5.80. The molecular formula is C17H26FN3O2. The van der Waals surface area contributed by atoms with Crippen LogP contribution in [0.3, 0.4) is 0 Å². The minimum atomic E-state index is -0.214. The summed E-state index contributed by atoms with van der Waals surface area (Å²) in [5.41, 5.74) is 0.907. The second-order valence-electron chi connectivity index (χ2n) is 5.70. The lowest BCUT2D eigenvalue weighted by Gasteiger charge is -2.21. The van der Waals surface area contributed by atoms with E-state index in [1.54, 1.807) is 20.2 Å². The third kappa shape index (κ3) is 5.80. The van der Waals surface area contributed by atoms with Crippen LogP contribution in [0.25, 0.3) is 0 Å². The molecule has 1 aromatic carbocycles. The molecule has 0 radical (unpaired) electrons. The summed E-state index contributed by atoms with van der Waals surface area (Å²) in [6.07, 6.45) is 1.09. The number of hydrogen-bond acceptors (Lipinski definition) is 3. The van der Waals surface area contributed by atoms with Crippen molar-refractivity contribution >= 4 is 5.96 Å². The van der Waals surface area contributed by atoms with Crippen molar-refractivity contribution in [1.29, 1.82) is 0 Å². The fraction of sp³-hybridized carbons (Fsp3) is 0.588. The van der Waals surface area contributed by atoms with E-state index in [2.05, 4.69) is 15.2 Å². The van der Waals surface area contributed by atoms with Gasteiger partial charge in [-0.15, -0.1) is 0 Å². The lowest BCUT2D eigenvalue weighted by atomic mass is 10.1. The molecular weight excluding hydrogens is 297 g/mol. The van der Waals surface area contributed by atoms with E-state index in [0.29, 0.717) is 25.7 Å². The van der Waals surface area contributed by atoms with Gasteiger partial charge in [-0.25, -0.2) is 4.39 Å². The lowest BCUT2D eigenvalue weighted by Crippen LogP contribution is -2.39. The van der Waals surface area contributed by atoms with Gasteiger partial charge in [0.2, 0.25) is 0 Å². The van der Waals surface area contributed by atoms with Gasteiger partial charge >= 0.3 is 0 Å². The summed E-state index contributed by atoms with van der Waals surface area (Å²) in [5.74, 6) is 1.15. The van der Waals surface area contributed by atoms with Gasteiger partial charge in [0.15, 0.2) is 5.96 Å². The summed E-state index contributed by atoms with van der Waals surface area (Å²) in [5, 5.41) is 3.30. The van der Waals surface area contributed by atoms with Gasteiger partial charge in [0, 0.05) is 39.7 Å². The van der Waals surface area contributed by atoms with Gasteiger partial charge in [-0.3, -0.25) is 4.99 Å². The van der Waals surface area contributed by atoms with Crippen molar-refractivity contribution in [3.05, 3.63) is 35.6 Å². The molecule has 2 rings (SSSR count). The smallest absolute Gasteiger partial charge is 0.193 e. The second-order valence-corrected chi connectivity index (χ2v) is 5.70. The Balaban J connectivity index is 1.76. The number of hydrogen-bond donors (Lipinski definition) is 1. The molecule has 1 N–H and O–H groups in total. The number of likely N-dealkylation sites (tertiary alicyclic amines) is 1. The maximum Gasteiger partial charge on any atom is 0.193 e. The first-order chi connectivity index (χ1) is 11.2. The van der Waals surface area contributed by atoms with Crippen LogP contribution in [0.4, 0.5) is 4.39 Å². The van der Waals surface area contributed by atoms with E-state index in [-0.39, 0.29) is 5.82 Å². The number of aliphatic imine (C=N–C) groups is 1. The number of halogens is 1. The van der Waals surface area contributed by atoms with Gasteiger partial charge in [0.1, 0.15) is 5.82 Å². The summed E-state index contributed by atoms with van der Waals surface area (Å²) in [6, 6.07) is 6.61. The topological polar surface area (TPSA) is 46.1 Å². The molecule has 23 heavy (non-hydrogen) atoms. The van der Waals surface area contributed by atoms with E-state index in [9.17, 15) is 4.39 Å². The van der Waals surface area contributed by atoms with Gasteiger partial charge < -0.3 is 19.7 Å². The highest BCUT2D eigenvalue weighted by atomic mass is 19.1. The molecule has 5 nitrogen and oxygen atoms in total. The van der Waals surface area contributed by atoms with Crippen LogP contribution in [0, 0.1) is 11.7 Å². The molecule has 128 valence electrons. The zero-order valence-electron chi connectivity index (χ0n) is 13.9. The highest BCUT2D eigenvalue weighted by Crippen LogP contribution is 2.16. The average molecular weight is 323 g/mol. The van der Waals surface area contributed by atoms with Crippen molar-refractivity contribution in [1.82, 2.24) is 10.2 Å². The first-order valence-electron chi connectivity index (χ1n) is 7.99. The van der Waals surface area contributed by atoms with Crippen LogP contribution in [-0.4, -0.2) is 57.9 Å². The number of methoxy groups -OCH3 is 1. The summed E-state index contributed by atoms with van der Waals surface area (Å²) in [6.45, 7) is 4.47. The maximum atomic E-state index is 13.2. The molecule has 0 saturated carbocycles. The number of guanidine groups is 1. The quantitative estimate of drug-likeness (QED) is 0.473. The van der Waals surface area contributed by atoms with Crippen LogP contribution in [-0.2, 0) is 16.0 Å². The van der Waals surface area contributed by atoms with Crippen LogP contribution in [0.2, 0.25) is 0 Å². The van der Waals surface area contributed by atoms with Crippen molar-refractivity contribution in [3.8, 4) is 0 Å². The average Bonchev–Trinajstić information content (AvgIpc) is 3.01. The van der Waals surface area contributed by atoms with E-state index in [1.165, 1.54) is 12.1 Å². The fourth-order valence-corrected chi connectivity index (χ4v) is 2.71. The minimum Gasteiger partial charge on any atom is -0.382 e. The Morgan fingerprint density at radius 1 is 1.43 bits per heavy atom. The molecule has 0 aromatic heterocycles. The Hall–Kier alpha value is -1.66. The van der Waals surface area contributed by atoms with Crippen LogP contribution in [0.5, 0.6) is 0 Å². The van der Waals surface area contributed by atoms with E-state index in [0.717, 1.165) is 37.6 Å². The number of nitrogens with one attached hydrogen (secondary N) is 1. The molecule has 1 aliphatic rings. The molecule has 0 bridgehead atoms. The molecule has 1 fully saturated rings. The second kappa shape index (κ2) is 9.47. The monoisotopic (exact) mass is 323 g/mol. The Morgan fingerprint density at radius 3 is 3.04 bits per heavy atom. The lowest BCUT2D eigenvalue weighted by molar-refractivity contribution is 0.0536. The van der Waals surface area contributed by atoms with Crippen molar-refractivity contribution in [3.63, 3.8) is 0 Å². The summed E-state index contributed by atoms with van der Waals surface area (Å²) < 4.78 is 23.8. The largest absolute Gasteiger partial charge is 0.382 e. The van der Waals surface area contributed by atoms with Crippen LogP contribution >= 0.6 is 0 Å². The Kier molecular flexibility index (Phi) is 7.29. The summed E-state index contributed by atoms with van der Waals surface area (Å²) in [4.78, 5) is 6.55. The van der Waals surface area contributed by atoms with Gasteiger partial charge in [-0.1, -0.05) is 12.1 Å². The van der Waals surface area contributed by atoms with Crippen molar-refractivity contribution < 1.29 is 13.9 Å². The molecule has 1 saturated heterocycles. The molecule has 1 aliphatic heterocycles. The maximum absolute atomic E-state index is 13.2. The number of ether oxygens (including phenoxy) is 2. The molecule has 1 atom stereocenters. The van der Waals surface area contributed by atoms with E-state index >= 15 is 0 Å². The molecule has 1 aromatic rings. The van der Waals surface area contributed by atoms with Crippen molar-refractivity contribution in [2.75, 3.05) is 47.1 Å². The van der Waals surface area contributed by atoms with E-state index < -0.39 is 0 Å². The Bertz CT molecular complexity index is 510. The number of rotatable bonds is 7. The normalized spacial score (nSPS) is 18.5. The summed E-state index contributed by atoms with van der Waals surface area (Å²) in [7, 11) is 3.45. The SMILES string of the molecule is CN=C(NCc1cccc(F)c1)N1CCC(COCCOC)C1. The first kappa shape index (κ1) is 17.7. The van der Waals surface area contributed by atoms with Crippen molar-refractivity contribution in [2.24, 2.45) is 10.9 Å². The van der Waals surface area contributed by atoms with Crippen LogP contribution < -0.4 is 5.32 Å². The van der Waals surface area contributed by atoms with Crippen LogP contribution in [0.1, 0.15) is 12.0 Å². The van der Waals surface area contributed by atoms with Gasteiger partial charge in [0.25, 0.3) is 0 Å².